The summed E-state index contributed by atoms with van der Waals surface area (Å²) < 4.78 is 0. The molecule has 7 heteroatoms. The molecular formula is C18H29N5O2. The third kappa shape index (κ3) is 4.16. The molecule has 0 spiro atoms. The van der Waals surface area contributed by atoms with Crippen LogP contribution in [0.1, 0.15) is 40.2 Å². The van der Waals surface area contributed by atoms with Crippen molar-refractivity contribution in [2.75, 3.05) is 6.54 Å². The van der Waals surface area contributed by atoms with Crippen molar-refractivity contribution in [1.82, 2.24) is 14.8 Å². The molecule has 0 saturated carbocycles. The molecule has 2 rings (SSSR count). The van der Waals surface area contributed by atoms with Crippen molar-refractivity contribution in [1.29, 1.82) is 0 Å². The summed E-state index contributed by atoms with van der Waals surface area (Å²) in [4.78, 5) is 19.7. The summed E-state index contributed by atoms with van der Waals surface area (Å²) in [7, 11) is 0. The van der Waals surface area contributed by atoms with Gasteiger partial charge in [-0.1, -0.05) is 26.8 Å². The number of allylic oxidation sites excluding steroid dienone is 1. The lowest BCUT2D eigenvalue weighted by molar-refractivity contribution is -0.434. The van der Waals surface area contributed by atoms with Gasteiger partial charge in [0.05, 0.1) is 17.2 Å². The zero-order valence-electron chi connectivity index (χ0n) is 15.7. The van der Waals surface area contributed by atoms with Crippen LogP contribution in [0.25, 0.3) is 0 Å². The normalized spacial score (nSPS) is 20.5. The van der Waals surface area contributed by atoms with Crippen LogP contribution in [-0.2, 0) is 6.54 Å². The Morgan fingerprint density at radius 1 is 1.36 bits per heavy atom. The van der Waals surface area contributed by atoms with Crippen molar-refractivity contribution in [3.05, 3.63) is 51.6 Å². The van der Waals surface area contributed by atoms with E-state index in [2.05, 4.69) is 18.8 Å². The highest BCUT2D eigenvalue weighted by atomic mass is 16.6. The van der Waals surface area contributed by atoms with Gasteiger partial charge in [-0.15, -0.1) is 0 Å². The second kappa shape index (κ2) is 7.93. The van der Waals surface area contributed by atoms with E-state index in [1.807, 2.05) is 42.7 Å². The molecule has 138 valence electrons. The molecule has 2 N–H and O–H groups in total. The molecule has 1 aromatic rings. The molecule has 1 aromatic heterocycles. The minimum Gasteiger partial charge on any atom is -0.337 e. The first-order valence-electron chi connectivity index (χ1n) is 8.78. The van der Waals surface area contributed by atoms with E-state index in [4.69, 9.17) is 5.73 Å². The van der Waals surface area contributed by atoms with Gasteiger partial charge in [-0.05, 0) is 31.4 Å². The zero-order valence-corrected chi connectivity index (χ0v) is 15.7. The first-order valence-corrected chi connectivity index (χ1v) is 8.78. The quantitative estimate of drug-likeness (QED) is 0.628. The number of aromatic nitrogens is 1. The smallest absolute Gasteiger partial charge is 0.279 e. The molecule has 1 aliphatic rings. The van der Waals surface area contributed by atoms with Gasteiger partial charge >= 0.3 is 0 Å². The Labute approximate surface area is 149 Å². The minimum absolute atomic E-state index is 0.0393. The highest BCUT2D eigenvalue weighted by Crippen LogP contribution is 2.33. The molecule has 0 radical (unpaired) electrons. The van der Waals surface area contributed by atoms with E-state index in [0.29, 0.717) is 6.54 Å². The summed E-state index contributed by atoms with van der Waals surface area (Å²) in [6.45, 7) is 11.0. The maximum atomic E-state index is 11.8. The molecule has 0 fully saturated rings. The predicted molar refractivity (Wildman–Crippen MR) is 97.6 cm³/mol. The van der Waals surface area contributed by atoms with Crippen LogP contribution in [0.15, 0.2) is 35.9 Å². The average molecular weight is 347 g/mol. The van der Waals surface area contributed by atoms with E-state index in [9.17, 15) is 10.1 Å². The number of rotatable bonds is 6. The van der Waals surface area contributed by atoms with Crippen molar-refractivity contribution in [3.63, 3.8) is 0 Å². The zero-order chi connectivity index (χ0) is 18.7. The monoisotopic (exact) mass is 347 g/mol. The van der Waals surface area contributed by atoms with Gasteiger partial charge in [0.2, 0.25) is 0 Å². The topological polar surface area (TPSA) is 88.5 Å². The lowest BCUT2D eigenvalue weighted by Crippen LogP contribution is -2.60. The van der Waals surface area contributed by atoms with Crippen molar-refractivity contribution in [2.24, 2.45) is 17.6 Å². The Morgan fingerprint density at radius 2 is 2.04 bits per heavy atom. The largest absolute Gasteiger partial charge is 0.337 e. The molecule has 0 aromatic carbocycles. The van der Waals surface area contributed by atoms with Crippen LogP contribution in [0.5, 0.6) is 0 Å². The molecule has 2 heterocycles. The fraction of sp³-hybridized carbons (Fsp3) is 0.611. The molecule has 7 nitrogen and oxygen atoms in total. The molecule has 0 amide bonds. The fourth-order valence-corrected chi connectivity index (χ4v) is 3.18. The molecule has 2 unspecified atom stereocenters. The number of nitro groups is 1. The van der Waals surface area contributed by atoms with Crippen LogP contribution < -0.4 is 5.73 Å². The lowest BCUT2D eigenvalue weighted by Gasteiger charge is -2.46. The van der Waals surface area contributed by atoms with Crippen molar-refractivity contribution in [2.45, 2.75) is 53.5 Å². The minimum atomic E-state index is -0.403. The van der Waals surface area contributed by atoms with E-state index in [0.717, 1.165) is 11.3 Å². The van der Waals surface area contributed by atoms with Gasteiger partial charge in [0.25, 0.3) is 5.70 Å². The van der Waals surface area contributed by atoms with Crippen molar-refractivity contribution in [3.8, 4) is 0 Å². The van der Waals surface area contributed by atoms with Crippen LogP contribution in [-0.4, -0.2) is 38.6 Å². The third-order valence-electron chi connectivity index (χ3n) is 4.99. The summed E-state index contributed by atoms with van der Waals surface area (Å²) in [6, 6.07) is 3.95. The van der Waals surface area contributed by atoms with Gasteiger partial charge in [0.15, 0.2) is 0 Å². The Hall–Kier alpha value is -1.99. The highest BCUT2D eigenvalue weighted by Gasteiger charge is 2.41. The maximum absolute atomic E-state index is 11.8. The van der Waals surface area contributed by atoms with E-state index < -0.39 is 6.29 Å². The molecule has 0 aliphatic carbocycles. The van der Waals surface area contributed by atoms with Gasteiger partial charge in [-0.2, -0.15) is 0 Å². The maximum Gasteiger partial charge on any atom is 0.279 e. The molecule has 0 bridgehead atoms. The molecule has 1 aliphatic heterocycles. The second-order valence-corrected chi connectivity index (χ2v) is 7.29. The highest BCUT2D eigenvalue weighted by molar-refractivity contribution is 5.19. The summed E-state index contributed by atoms with van der Waals surface area (Å²) in [5.41, 5.74) is 8.52. The van der Waals surface area contributed by atoms with Gasteiger partial charge in [-0.25, -0.2) is 0 Å². The molecule has 0 saturated heterocycles. The Morgan fingerprint density at radius 3 is 2.52 bits per heavy atom. The first-order chi connectivity index (χ1) is 11.7. The number of hydrogen-bond acceptors (Lipinski definition) is 6. The molecule has 2 atom stereocenters. The number of hydrogen-bond donors (Lipinski definition) is 1. The summed E-state index contributed by atoms with van der Waals surface area (Å²) in [6.07, 6.45) is 3.10. The Bertz CT molecular complexity index is 630. The first kappa shape index (κ1) is 19.3. The average Bonchev–Trinajstić information content (AvgIpc) is 2.56. The van der Waals surface area contributed by atoms with Gasteiger partial charge in [0, 0.05) is 30.9 Å². The fourth-order valence-electron chi connectivity index (χ4n) is 3.18. The van der Waals surface area contributed by atoms with Crippen LogP contribution in [0.2, 0.25) is 0 Å². The number of nitrogens with two attached hydrogens (primary N) is 1. The molecule has 25 heavy (non-hydrogen) atoms. The predicted octanol–water partition coefficient (Wildman–Crippen LogP) is 2.63. The van der Waals surface area contributed by atoms with Crippen molar-refractivity contribution < 1.29 is 4.92 Å². The summed E-state index contributed by atoms with van der Waals surface area (Å²) in [5, 5.41) is 11.8. The third-order valence-corrected chi connectivity index (χ3v) is 4.99. The van der Waals surface area contributed by atoms with Crippen molar-refractivity contribution >= 4 is 0 Å². The summed E-state index contributed by atoms with van der Waals surface area (Å²) >= 11 is 0. The van der Waals surface area contributed by atoms with Crippen LogP contribution in [0, 0.1) is 22.0 Å². The molecular weight excluding hydrogens is 318 g/mol. The standard InChI is InChI=1S/C18H29N5O2/c1-12(2)14(5)17-16(23(24)25)11-21(13(3)4)18(19)22(17)10-15-7-6-8-20-9-15/h6-9,12-14,18H,10-11,19H2,1-5H3. The van der Waals surface area contributed by atoms with Gasteiger partial charge < -0.3 is 4.90 Å². The second-order valence-electron chi connectivity index (χ2n) is 7.29. The van der Waals surface area contributed by atoms with E-state index in [-0.39, 0.29) is 35.0 Å². The lowest BCUT2D eigenvalue weighted by atomic mass is 9.90. The van der Waals surface area contributed by atoms with Crippen LogP contribution >= 0.6 is 0 Å². The van der Waals surface area contributed by atoms with E-state index in [1.165, 1.54) is 0 Å². The van der Waals surface area contributed by atoms with Gasteiger partial charge in [0.1, 0.15) is 6.29 Å². The van der Waals surface area contributed by atoms with E-state index >= 15 is 0 Å². The SMILES string of the molecule is CC(C)C(C)C1=C([N+](=O)[O-])CN(C(C)C)C(N)N1Cc1cccnc1. The number of nitrogens with zero attached hydrogens (tertiary/aromatic N) is 4. The van der Waals surface area contributed by atoms with Crippen LogP contribution in [0.3, 0.4) is 0 Å². The van der Waals surface area contributed by atoms with Crippen LogP contribution in [0.4, 0.5) is 0 Å². The Balaban J connectivity index is 2.53. The Kier molecular flexibility index (Phi) is 6.13. The summed E-state index contributed by atoms with van der Waals surface area (Å²) in [5.74, 6) is 0.316. The van der Waals surface area contributed by atoms with E-state index in [1.54, 1.807) is 12.4 Å². The van der Waals surface area contributed by atoms with Gasteiger partial charge in [-0.3, -0.25) is 25.7 Å². The number of pyridine rings is 1.